The summed E-state index contributed by atoms with van der Waals surface area (Å²) >= 11 is 0. The van der Waals surface area contributed by atoms with Crippen molar-refractivity contribution < 1.29 is 28.7 Å². The number of ether oxygens (including phenoxy) is 2. The highest BCUT2D eigenvalue weighted by atomic mass is 16.5. The molecule has 1 aromatic heterocycles. The minimum absolute atomic E-state index is 0.0641. The molecule has 0 bridgehead atoms. The number of carbonyl (C=O) groups is 2. The molecule has 3 rings (SSSR count). The third-order valence-corrected chi connectivity index (χ3v) is 4.23. The van der Waals surface area contributed by atoms with Crippen LogP contribution in [0.3, 0.4) is 0 Å². The SMILES string of the molecule is COc1cc(CN(CC(=O)O)C(=O)Cc2noc3ccccc23)cc(OC)c1. The van der Waals surface area contributed by atoms with E-state index in [4.69, 9.17) is 14.0 Å². The van der Waals surface area contributed by atoms with Crippen LogP contribution in [0.4, 0.5) is 0 Å². The van der Waals surface area contributed by atoms with Gasteiger partial charge in [0.05, 0.1) is 20.6 Å². The standard InChI is InChI=1S/C20H20N2O6/c1-26-14-7-13(8-15(9-14)27-2)11-22(12-20(24)25)19(23)10-17-16-5-3-4-6-18(16)28-21-17/h3-9H,10-12H2,1-2H3,(H,24,25). The van der Waals surface area contributed by atoms with E-state index < -0.39 is 12.5 Å². The Morgan fingerprint density at radius 2 is 1.79 bits per heavy atom. The molecule has 0 unspecified atom stereocenters. The molecule has 0 aliphatic carbocycles. The number of aliphatic carboxylic acids is 1. The van der Waals surface area contributed by atoms with E-state index in [-0.39, 0.29) is 18.9 Å². The summed E-state index contributed by atoms with van der Waals surface area (Å²) in [5.74, 6) is -0.365. The Morgan fingerprint density at radius 3 is 2.43 bits per heavy atom. The Balaban J connectivity index is 1.83. The second-order valence-corrected chi connectivity index (χ2v) is 6.17. The molecule has 0 spiro atoms. The van der Waals surface area contributed by atoms with Crippen LogP contribution in [0, 0.1) is 0 Å². The number of amides is 1. The van der Waals surface area contributed by atoms with E-state index in [1.54, 1.807) is 24.3 Å². The maximum atomic E-state index is 12.8. The van der Waals surface area contributed by atoms with Crippen LogP contribution in [0.15, 0.2) is 47.0 Å². The van der Waals surface area contributed by atoms with E-state index in [9.17, 15) is 14.7 Å². The highest BCUT2D eigenvalue weighted by molar-refractivity contribution is 5.87. The third kappa shape index (κ3) is 4.40. The number of hydrogen-bond acceptors (Lipinski definition) is 6. The van der Waals surface area contributed by atoms with E-state index in [0.29, 0.717) is 28.3 Å². The smallest absolute Gasteiger partial charge is 0.323 e. The molecule has 28 heavy (non-hydrogen) atoms. The van der Waals surface area contributed by atoms with Crippen molar-refractivity contribution in [2.75, 3.05) is 20.8 Å². The molecule has 8 heteroatoms. The molecule has 146 valence electrons. The van der Waals surface area contributed by atoms with Crippen molar-refractivity contribution in [1.29, 1.82) is 0 Å². The summed E-state index contributed by atoms with van der Waals surface area (Å²) in [6.45, 7) is -0.345. The van der Waals surface area contributed by atoms with Gasteiger partial charge >= 0.3 is 5.97 Å². The summed E-state index contributed by atoms with van der Waals surface area (Å²) in [6.07, 6.45) is -0.0641. The maximum Gasteiger partial charge on any atom is 0.323 e. The topological polar surface area (TPSA) is 102 Å². The Labute approximate surface area is 161 Å². The van der Waals surface area contributed by atoms with Crippen LogP contribution in [0.1, 0.15) is 11.3 Å². The van der Waals surface area contributed by atoms with E-state index >= 15 is 0 Å². The number of aromatic nitrogens is 1. The number of carbonyl (C=O) groups excluding carboxylic acids is 1. The van der Waals surface area contributed by atoms with Gasteiger partial charge in [-0.25, -0.2) is 0 Å². The van der Waals surface area contributed by atoms with Gasteiger partial charge in [-0.05, 0) is 29.8 Å². The predicted octanol–water partition coefficient (Wildman–Crippen LogP) is 2.50. The van der Waals surface area contributed by atoms with E-state index in [1.165, 1.54) is 19.1 Å². The second-order valence-electron chi connectivity index (χ2n) is 6.17. The van der Waals surface area contributed by atoms with Gasteiger partial charge in [-0.2, -0.15) is 0 Å². The number of benzene rings is 2. The Morgan fingerprint density at radius 1 is 1.11 bits per heavy atom. The number of hydrogen-bond donors (Lipinski definition) is 1. The lowest BCUT2D eigenvalue weighted by Gasteiger charge is -2.21. The van der Waals surface area contributed by atoms with Gasteiger partial charge in [0.2, 0.25) is 5.91 Å². The minimum atomic E-state index is -1.10. The number of para-hydroxylation sites is 1. The first-order valence-electron chi connectivity index (χ1n) is 8.55. The first kappa shape index (κ1) is 19.2. The number of carboxylic acids is 1. The van der Waals surface area contributed by atoms with Crippen molar-refractivity contribution >= 4 is 22.8 Å². The van der Waals surface area contributed by atoms with E-state index in [1.807, 2.05) is 18.2 Å². The van der Waals surface area contributed by atoms with Crippen LogP contribution in [0.25, 0.3) is 11.0 Å². The molecule has 1 N–H and O–H groups in total. The van der Waals surface area contributed by atoms with Gasteiger partial charge in [-0.1, -0.05) is 17.3 Å². The molecule has 0 radical (unpaired) electrons. The van der Waals surface area contributed by atoms with Crippen molar-refractivity contribution in [3.8, 4) is 11.5 Å². The quantitative estimate of drug-likeness (QED) is 0.636. The maximum absolute atomic E-state index is 12.8. The average Bonchev–Trinajstić information content (AvgIpc) is 3.09. The fourth-order valence-electron chi connectivity index (χ4n) is 2.89. The van der Waals surface area contributed by atoms with Crippen molar-refractivity contribution in [3.05, 3.63) is 53.7 Å². The van der Waals surface area contributed by atoms with Crippen LogP contribution in [0.2, 0.25) is 0 Å². The zero-order valence-electron chi connectivity index (χ0n) is 15.5. The first-order chi connectivity index (χ1) is 13.5. The van der Waals surface area contributed by atoms with Crippen LogP contribution in [0.5, 0.6) is 11.5 Å². The van der Waals surface area contributed by atoms with Crippen molar-refractivity contribution in [2.24, 2.45) is 0 Å². The molecule has 2 aromatic carbocycles. The molecular weight excluding hydrogens is 364 g/mol. The summed E-state index contributed by atoms with van der Waals surface area (Å²) < 4.78 is 15.7. The summed E-state index contributed by atoms with van der Waals surface area (Å²) in [6, 6.07) is 12.4. The second kappa shape index (κ2) is 8.43. The van der Waals surface area contributed by atoms with Gasteiger partial charge in [-0.15, -0.1) is 0 Å². The zero-order chi connectivity index (χ0) is 20.1. The van der Waals surface area contributed by atoms with Gasteiger partial charge in [0.15, 0.2) is 5.58 Å². The lowest BCUT2D eigenvalue weighted by atomic mass is 10.1. The minimum Gasteiger partial charge on any atom is -0.497 e. The van der Waals surface area contributed by atoms with Gasteiger partial charge in [-0.3, -0.25) is 9.59 Å². The lowest BCUT2D eigenvalue weighted by Crippen LogP contribution is -2.36. The molecule has 0 saturated carbocycles. The zero-order valence-corrected chi connectivity index (χ0v) is 15.5. The Hall–Kier alpha value is -3.55. The third-order valence-electron chi connectivity index (χ3n) is 4.23. The monoisotopic (exact) mass is 384 g/mol. The first-order valence-corrected chi connectivity index (χ1v) is 8.55. The van der Waals surface area contributed by atoms with Crippen LogP contribution in [-0.2, 0) is 22.6 Å². The summed E-state index contributed by atoms with van der Waals surface area (Å²) in [4.78, 5) is 25.4. The number of fused-ring (bicyclic) bond motifs is 1. The molecule has 1 amide bonds. The van der Waals surface area contributed by atoms with Crippen molar-refractivity contribution in [2.45, 2.75) is 13.0 Å². The normalized spacial score (nSPS) is 10.6. The summed E-state index contributed by atoms with van der Waals surface area (Å²) in [5.41, 5.74) is 1.74. The summed E-state index contributed by atoms with van der Waals surface area (Å²) in [5, 5.41) is 13.9. The summed E-state index contributed by atoms with van der Waals surface area (Å²) in [7, 11) is 3.04. The highest BCUT2D eigenvalue weighted by Gasteiger charge is 2.21. The lowest BCUT2D eigenvalue weighted by molar-refractivity contribution is -0.144. The van der Waals surface area contributed by atoms with Crippen LogP contribution >= 0.6 is 0 Å². The van der Waals surface area contributed by atoms with E-state index in [0.717, 1.165) is 5.39 Å². The molecule has 8 nitrogen and oxygen atoms in total. The molecule has 0 aliphatic heterocycles. The van der Waals surface area contributed by atoms with Crippen molar-refractivity contribution in [3.63, 3.8) is 0 Å². The van der Waals surface area contributed by atoms with Crippen LogP contribution < -0.4 is 9.47 Å². The van der Waals surface area contributed by atoms with Gasteiger partial charge < -0.3 is 24.0 Å². The fraction of sp³-hybridized carbons (Fsp3) is 0.250. The molecule has 0 fully saturated rings. The Bertz CT molecular complexity index is 975. The number of rotatable bonds is 8. The molecule has 0 aliphatic rings. The molecule has 0 atom stereocenters. The number of carboxylic acid groups (broad SMARTS) is 1. The highest BCUT2D eigenvalue weighted by Crippen LogP contribution is 2.24. The molecule has 1 heterocycles. The van der Waals surface area contributed by atoms with E-state index in [2.05, 4.69) is 5.16 Å². The molecule has 0 saturated heterocycles. The molecule has 3 aromatic rings. The number of nitrogens with zero attached hydrogens (tertiary/aromatic N) is 2. The predicted molar refractivity (Wildman–Crippen MR) is 100 cm³/mol. The molecular formula is C20H20N2O6. The van der Waals surface area contributed by atoms with Gasteiger partial charge in [0.1, 0.15) is 23.7 Å². The Kier molecular flexibility index (Phi) is 5.78. The van der Waals surface area contributed by atoms with Gasteiger partial charge in [0.25, 0.3) is 0 Å². The van der Waals surface area contributed by atoms with Crippen molar-refractivity contribution in [1.82, 2.24) is 10.1 Å². The van der Waals surface area contributed by atoms with Crippen LogP contribution in [-0.4, -0.2) is 47.8 Å². The van der Waals surface area contributed by atoms with Gasteiger partial charge in [0, 0.05) is 18.0 Å². The number of methoxy groups -OCH3 is 2. The fourth-order valence-corrected chi connectivity index (χ4v) is 2.89. The average molecular weight is 384 g/mol. The largest absolute Gasteiger partial charge is 0.497 e.